The van der Waals surface area contributed by atoms with Crippen LogP contribution in [0, 0.1) is 11.3 Å². The van der Waals surface area contributed by atoms with Gasteiger partial charge in [0, 0.05) is 24.3 Å². The number of nitrogens with one attached hydrogen (secondary N) is 1. The zero-order valence-corrected chi connectivity index (χ0v) is 21.7. The lowest BCUT2D eigenvalue weighted by Gasteiger charge is -2.15. The van der Waals surface area contributed by atoms with E-state index in [0.29, 0.717) is 45.6 Å². The van der Waals surface area contributed by atoms with Gasteiger partial charge in [-0.05, 0) is 67.5 Å². The van der Waals surface area contributed by atoms with Crippen LogP contribution in [0.1, 0.15) is 23.6 Å². The fraction of sp³-hybridized carbons (Fsp3) is 0.269. The predicted molar refractivity (Wildman–Crippen MR) is 140 cm³/mol. The first kappa shape index (κ1) is 26.1. The highest BCUT2D eigenvalue weighted by Gasteiger charge is 2.14. The van der Waals surface area contributed by atoms with E-state index < -0.39 is 9.84 Å². The molecule has 8 heteroatoms. The van der Waals surface area contributed by atoms with Gasteiger partial charge < -0.3 is 10.2 Å². The van der Waals surface area contributed by atoms with Gasteiger partial charge in [-0.15, -0.1) is 0 Å². The molecule has 0 spiro atoms. The Morgan fingerprint density at radius 1 is 1.00 bits per heavy atom. The molecule has 3 aromatic carbocycles. The lowest BCUT2D eigenvalue weighted by Crippen LogP contribution is -2.11. The van der Waals surface area contributed by atoms with E-state index in [1.54, 1.807) is 19.1 Å². The number of anilines is 1. The summed E-state index contributed by atoms with van der Waals surface area (Å²) in [5.74, 6) is 0.0868. The van der Waals surface area contributed by atoms with Gasteiger partial charge in [0.1, 0.15) is 0 Å². The van der Waals surface area contributed by atoms with Crippen molar-refractivity contribution in [1.29, 1.82) is 5.26 Å². The van der Waals surface area contributed by atoms with Crippen LogP contribution in [0.2, 0.25) is 10.0 Å². The Bertz CT molecular complexity index is 1290. The van der Waals surface area contributed by atoms with Gasteiger partial charge in [-0.3, -0.25) is 0 Å². The van der Waals surface area contributed by atoms with Crippen molar-refractivity contribution in [2.45, 2.75) is 24.8 Å². The van der Waals surface area contributed by atoms with Crippen molar-refractivity contribution in [3.05, 3.63) is 81.3 Å². The third kappa shape index (κ3) is 6.31. The quantitative estimate of drug-likeness (QED) is 0.375. The van der Waals surface area contributed by atoms with Crippen LogP contribution in [-0.2, 0) is 22.8 Å². The number of nitrogens with zero attached hydrogens (tertiary/aromatic N) is 2. The lowest BCUT2D eigenvalue weighted by molar-refractivity contribution is 0.402. The largest absolute Gasteiger partial charge is 0.385 e. The van der Waals surface area contributed by atoms with E-state index in [1.165, 1.54) is 0 Å². The normalized spacial score (nSPS) is 11.4. The molecule has 0 heterocycles. The van der Waals surface area contributed by atoms with Gasteiger partial charge >= 0.3 is 0 Å². The van der Waals surface area contributed by atoms with Crippen LogP contribution in [0.25, 0.3) is 11.1 Å². The minimum atomic E-state index is -3.19. The molecule has 0 fully saturated rings. The van der Waals surface area contributed by atoms with Crippen LogP contribution >= 0.6 is 23.2 Å². The van der Waals surface area contributed by atoms with E-state index in [-0.39, 0.29) is 5.75 Å². The van der Waals surface area contributed by atoms with E-state index in [0.717, 1.165) is 22.4 Å². The Labute approximate surface area is 211 Å². The topological polar surface area (TPSA) is 73.2 Å². The molecule has 0 aliphatic rings. The van der Waals surface area contributed by atoms with Crippen LogP contribution in [0.4, 0.5) is 5.69 Å². The third-order valence-corrected chi connectivity index (χ3v) is 7.80. The molecule has 178 valence electrons. The maximum atomic E-state index is 11.9. The monoisotopic (exact) mass is 515 g/mol. The number of nitriles is 1. The van der Waals surface area contributed by atoms with Gasteiger partial charge in [0.15, 0.2) is 9.84 Å². The summed E-state index contributed by atoms with van der Waals surface area (Å²) in [6.07, 6.45) is 0.711. The van der Waals surface area contributed by atoms with Crippen molar-refractivity contribution in [3.63, 3.8) is 0 Å². The zero-order chi connectivity index (χ0) is 24.9. The second-order valence-electron chi connectivity index (χ2n) is 8.26. The molecular weight excluding hydrogens is 489 g/mol. The molecule has 1 N–H and O–H groups in total. The minimum Gasteiger partial charge on any atom is -0.385 e. The smallest absolute Gasteiger partial charge is 0.178 e. The van der Waals surface area contributed by atoms with E-state index in [4.69, 9.17) is 23.2 Å². The van der Waals surface area contributed by atoms with Crippen molar-refractivity contribution < 1.29 is 8.42 Å². The van der Waals surface area contributed by atoms with Crippen molar-refractivity contribution in [3.8, 4) is 17.2 Å². The molecule has 0 saturated carbocycles. The summed E-state index contributed by atoms with van der Waals surface area (Å²) in [6.45, 7) is 2.94. The molecule has 3 rings (SSSR count). The molecule has 5 nitrogen and oxygen atoms in total. The van der Waals surface area contributed by atoms with Gasteiger partial charge in [0.2, 0.25) is 0 Å². The molecule has 0 aliphatic heterocycles. The molecule has 0 radical (unpaired) electrons. The molecule has 0 unspecified atom stereocenters. The fourth-order valence-electron chi connectivity index (χ4n) is 3.65. The Hall–Kier alpha value is -2.56. The van der Waals surface area contributed by atoms with E-state index in [9.17, 15) is 13.7 Å². The highest BCUT2D eigenvalue weighted by molar-refractivity contribution is 7.91. The van der Waals surface area contributed by atoms with Crippen molar-refractivity contribution in [2.75, 3.05) is 31.7 Å². The first-order chi connectivity index (χ1) is 16.1. The third-order valence-electron chi connectivity index (χ3n) is 5.45. The van der Waals surface area contributed by atoms with E-state index >= 15 is 0 Å². The van der Waals surface area contributed by atoms with E-state index in [1.807, 2.05) is 61.5 Å². The molecule has 3 aromatic rings. The summed E-state index contributed by atoms with van der Waals surface area (Å²) >= 11 is 13.2. The maximum absolute atomic E-state index is 11.9. The predicted octanol–water partition coefficient (Wildman–Crippen LogP) is 6.04. The second kappa shape index (κ2) is 11.2. The van der Waals surface area contributed by atoms with Gasteiger partial charge in [0.25, 0.3) is 0 Å². The number of benzene rings is 3. The molecule has 0 aromatic heterocycles. The van der Waals surface area contributed by atoms with Crippen LogP contribution in [0.3, 0.4) is 0 Å². The summed E-state index contributed by atoms with van der Waals surface area (Å²) in [5.41, 5.74) is 4.84. The fourth-order valence-corrected chi connectivity index (χ4v) is 5.24. The van der Waals surface area contributed by atoms with Crippen molar-refractivity contribution in [1.82, 2.24) is 4.90 Å². The minimum absolute atomic E-state index is 0.0868. The molecule has 0 saturated heterocycles. The molecule has 0 atom stereocenters. The van der Waals surface area contributed by atoms with Gasteiger partial charge in [-0.2, -0.15) is 5.26 Å². The summed E-state index contributed by atoms with van der Waals surface area (Å²) in [7, 11) is 0.725. The number of halogens is 2. The molecule has 0 amide bonds. The van der Waals surface area contributed by atoms with Crippen LogP contribution < -0.4 is 5.32 Å². The number of sulfone groups is 1. The Morgan fingerprint density at radius 3 is 2.21 bits per heavy atom. The number of hydrogen-bond donors (Lipinski definition) is 1. The first-order valence-corrected chi connectivity index (χ1v) is 13.3. The van der Waals surface area contributed by atoms with Gasteiger partial charge in [-0.25, -0.2) is 8.42 Å². The Morgan fingerprint density at radius 2 is 1.65 bits per heavy atom. The average molecular weight is 516 g/mol. The van der Waals surface area contributed by atoms with E-state index in [2.05, 4.69) is 11.4 Å². The summed E-state index contributed by atoms with van der Waals surface area (Å²) < 4.78 is 23.9. The molecule has 0 bridgehead atoms. The number of hydrogen-bond acceptors (Lipinski definition) is 5. The van der Waals surface area contributed by atoms with Crippen LogP contribution in [0.5, 0.6) is 0 Å². The summed E-state index contributed by atoms with van der Waals surface area (Å²) in [4.78, 5) is 2.35. The highest BCUT2D eigenvalue weighted by atomic mass is 35.5. The Kier molecular flexibility index (Phi) is 8.62. The average Bonchev–Trinajstić information content (AvgIpc) is 2.79. The lowest BCUT2D eigenvalue weighted by atomic mass is 9.99. The van der Waals surface area contributed by atoms with Crippen LogP contribution in [0.15, 0.2) is 59.5 Å². The van der Waals surface area contributed by atoms with Gasteiger partial charge in [0.05, 0.1) is 32.3 Å². The number of rotatable bonds is 9. The van der Waals surface area contributed by atoms with Crippen molar-refractivity contribution in [2.24, 2.45) is 0 Å². The van der Waals surface area contributed by atoms with Crippen LogP contribution in [-0.4, -0.2) is 39.7 Å². The van der Waals surface area contributed by atoms with Crippen molar-refractivity contribution >= 4 is 38.7 Å². The first-order valence-electron chi connectivity index (χ1n) is 10.9. The molecule has 34 heavy (non-hydrogen) atoms. The standard InChI is InChI=1S/C26H27Cl2N3O2S/c1-4-34(32,33)23-9-5-18(6-10-23)11-12-30-22-14-24(27)26(25(28)15-22)19-7-8-20(17-31(2)3)21(13-19)16-29/h5-10,13-15,30H,4,11-12,17H2,1-3H3. The summed E-state index contributed by atoms with van der Waals surface area (Å²) in [6, 6.07) is 18.6. The SMILES string of the molecule is CCS(=O)(=O)c1ccc(CCNc2cc(Cl)c(-c3ccc(CN(C)C)c(C#N)c3)c(Cl)c2)cc1. The Balaban J connectivity index is 1.72. The molecular formula is C26H27Cl2N3O2S. The second-order valence-corrected chi connectivity index (χ2v) is 11.4. The van der Waals surface area contributed by atoms with Gasteiger partial charge in [-0.1, -0.05) is 54.4 Å². The maximum Gasteiger partial charge on any atom is 0.178 e. The summed E-state index contributed by atoms with van der Waals surface area (Å²) in [5, 5.41) is 13.9. The molecule has 0 aliphatic carbocycles. The zero-order valence-electron chi connectivity index (χ0n) is 19.4. The highest BCUT2D eigenvalue weighted by Crippen LogP contribution is 2.38.